The molecule has 2 atom stereocenters. The van der Waals surface area contributed by atoms with Gasteiger partial charge in [-0.3, -0.25) is 11.3 Å². The zero-order valence-electron chi connectivity index (χ0n) is 11.6. The molecular formula is C15H22BrFN2O. The lowest BCUT2D eigenvalue weighted by Crippen LogP contribution is -2.37. The average Bonchev–Trinajstić information content (AvgIpc) is 2.43. The molecule has 112 valence electrons. The van der Waals surface area contributed by atoms with E-state index in [0.29, 0.717) is 6.10 Å². The molecule has 1 heterocycles. The van der Waals surface area contributed by atoms with Gasteiger partial charge >= 0.3 is 0 Å². The number of rotatable bonds is 6. The van der Waals surface area contributed by atoms with Crippen molar-refractivity contribution in [3.63, 3.8) is 0 Å². The molecule has 0 saturated carbocycles. The van der Waals surface area contributed by atoms with Gasteiger partial charge in [0.1, 0.15) is 5.82 Å². The quantitative estimate of drug-likeness (QED) is 0.614. The summed E-state index contributed by atoms with van der Waals surface area (Å²) in [6.45, 7) is 0.877. The lowest BCUT2D eigenvalue weighted by molar-refractivity contribution is 0.00858. The number of ether oxygens (including phenoxy) is 1. The standard InChI is InChI=1S/C15H22BrFN2O/c16-12-7-11(8-13(17)10-12)9-14(19-18)4-5-15-3-1-2-6-20-15/h7-8,10,14-15,19H,1-6,9,18H2. The van der Waals surface area contributed by atoms with Gasteiger partial charge in [0.2, 0.25) is 0 Å². The highest BCUT2D eigenvalue weighted by Crippen LogP contribution is 2.20. The van der Waals surface area contributed by atoms with E-state index in [1.54, 1.807) is 6.07 Å². The summed E-state index contributed by atoms with van der Waals surface area (Å²) in [5.74, 6) is 5.39. The van der Waals surface area contributed by atoms with Gasteiger partial charge in [0.25, 0.3) is 0 Å². The van der Waals surface area contributed by atoms with Crippen LogP contribution < -0.4 is 11.3 Å². The molecule has 0 bridgehead atoms. The molecule has 1 aliphatic rings. The number of benzene rings is 1. The molecule has 1 aromatic rings. The second-order valence-electron chi connectivity index (χ2n) is 5.41. The Kier molecular flexibility index (Phi) is 6.42. The Morgan fingerprint density at radius 2 is 2.25 bits per heavy atom. The maximum Gasteiger partial charge on any atom is 0.124 e. The van der Waals surface area contributed by atoms with Crippen LogP contribution in [0.3, 0.4) is 0 Å². The fraction of sp³-hybridized carbons (Fsp3) is 0.600. The summed E-state index contributed by atoms with van der Waals surface area (Å²) in [5, 5.41) is 0. The highest BCUT2D eigenvalue weighted by atomic mass is 79.9. The molecule has 0 spiro atoms. The van der Waals surface area contributed by atoms with Gasteiger partial charge in [-0.2, -0.15) is 0 Å². The fourth-order valence-corrected chi connectivity index (χ4v) is 3.19. The van der Waals surface area contributed by atoms with Crippen molar-refractivity contribution >= 4 is 15.9 Å². The molecule has 2 unspecified atom stereocenters. The summed E-state index contributed by atoms with van der Waals surface area (Å²) >= 11 is 3.31. The Balaban J connectivity index is 1.84. The van der Waals surface area contributed by atoms with Crippen LogP contribution in [0.15, 0.2) is 22.7 Å². The van der Waals surface area contributed by atoms with Crippen LogP contribution in [0, 0.1) is 5.82 Å². The Labute approximate surface area is 128 Å². The monoisotopic (exact) mass is 344 g/mol. The van der Waals surface area contributed by atoms with Crippen molar-refractivity contribution in [3.8, 4) is 0 Å². The zero-order chi connectivity index (χ0) is 14.4. The maximum absolute atomic E-state index is 13.4. The van der Waals surface area contributed by atoms with Crippen LogP contribution in [0.25, 0.3) is 0 Å². The molecule has 1 aliphatic heterocycles. The Hall–Kier alpha value is -0.490. The first-order chi connectivity index (χ1) is 9.67. The highest BCUT2D eigenvalue weighted by Gasteiger charge is 2.16. The summed E-state index contributed by atoms with van der Waals surface area (Å²) in [5.41, 5.74) is 3.78. The molecule has 0 radical (unpaired) electrons. The number of hydrazine groups is 1. The first-order valence-electron chi connectivity index (χ1n) is 7.20. The van der Waals surface area contributed by atoms with E-state index in [-0.39, 0.29) is 11.9 Å². The van der Waals surface area contributed by atoms with Gasteiger partial charge in [0, 0.05) is 17.1 Å². The van der Waals surface area contributed by atoms with Crippen LogP contribution in [-0.2, 0) is 11.2 Å². The minimum Gasteiger partial charge on any atom is -0.378 e. The minimum atomic E-state index is -0.222. The Morgan fingerprint density at radius 1 is 1.40 bits per heavy atom. The van der Waals surface area contributed by atoms with Crippen LogP contribution in [0.4, 0.5) is 4.39 Å². The summed E-state index contributed by atoms with van der Waals surface area (Å²) in [6.07, 6.45) is 6.59. The molecule has 2 rings (SSSR count). The number of nitrogens with two attached hydrogens (primary N) is 1. The second-order valence-corrected chi connectivity index (χ2v) is 6.33. The topological polar surface area (TPSA) is 47.3 Å². The van der Waals surface area contributed by atoms with Crippen LogP contribution in [-0.4, -0.2) is 18.8 Å². The van der Waals surface area contributed by atoms with Crippen molar-refractivity contribution in [2.75, 3.05) is 6.61 Å². The molecule has 5 heteroatoms. The second kappa shape index (κ2) is 8.08. The first-order valence-corrected chi connectivity index (χ1v) is 7.99. The largest absolute Gasteiger partial charge is 0.378 e. The van der Waals surface area contributed by atoms with Gasteiger partial charge in [-0.25, -0.2) is 4.39 Å². The molecule has 1 aromatic carbocycles. The Bertz CT molecular complexity index is 404. The summed E-state index contributed by atoms with van der Waals surface area (Å²) in [4.78, 5) is 0. The van der Waals surface area contributed by atoms with Crippen molar-refractivity contribution in [2.45, 2.75) is 50.7 Å². The van der Waals surface area contributed by atoms with E-state index in [4.69, 9.17) is 10.6 Å². The van der Waals surface area contributed by atoms with Crippen molar-refractivity contribution in [3.05, 3.63) is 34.1 Å². The molecule has 3 N–H and O–H groups in total. The highest BCUT2D eigenvalue weighted by molar-refractivity contribution is 9.10. The van der Waals surface area contributed by atoms with E-state index in [1.165, 1.54) is 18.9 Å². The molecular weight excluding hydrogens is 323 g/mol. The molecule has 1 fully saturated rings. The third-order valence-electron chi connectivity index (χ3n) is 3.75. The van der Waals surface area contributed by atoms with E-state index in [9.17, 15) is 4.39 Å². The van der Waals surface area contributed by atoms with Gasteiger partial charge in [-0.05, 0) is 62.3 Å². The van der Waals surface area contributed by atoms with E-state index in [1.807, 2.05) is 6.07 Å². The van der Waals surface area contributed by atoms with E-state index in [0.717, 1.165) is 42.3 Å². The third kappa shape index (κ3) is 5.13. The van der Waals surface area contributed by atoms with Crippen molar-refractivity contribution < 1.29 is 9.13 Å². The van der Waals surface area contributed by atoms with Gasteiger partial charge in [0.15, 0.2) is 0 Å². The number of hydrogen-bond donors (Lipinski definition) is 2. The van der Waals surface area contributed by atoms with Crippen molar-refractivity contribution in [1.29, 1.82) is 0 Å². The van der Waals surface area contributed by atoms with E-state index < -0.39 is 0 Å². The smallest absolute Gasteiger partial charge is 0.124 e. The molecule has 0 aliphatic carbocycles. The maximum atomic E-state index is 13.4. The van der Waals surface area contributed by atoms with Crippen molar-refractivity contribution in [1.82, 2.24) is 5.43 Å². The van der Waals surface area contributed by atoms with Gasteiger partial charge in [-0.1, -0.05) is 15.9 Å². The molecule has 0 amide bonds. The molecule has 20 heavy (non-hydrogen) atoms. The number of hydrogen-bond acceptors (Lipinski definition) is 3. The minimum absolute atomic E-state index is 0.147. The lowest BCUT2D eigenvalue weighted by Gasteiger charge is -2.24. The van der Waals surface area contributed by atoms with E-state index >= 15 is 0 Å². The predicted octanol–water partition coefficient (Wildman–Crippen LogP) is 3.31. The van der Waals surface area contributed by atoms with Crippen molar-refractivity contribution in [2.24, 2.45) is 5.84 Å². The first kappa shape index (κ1) is 15.9. The van der Waals surface area contributed by atoms with Gasteiger partial charge in [-0.15, -0.1) is 0 Å². The number of nitrogens with one attached hydrogen (secondary N) is 1. The van der Waals surface area contributed by atoms with Gasteiger partial charge in [0.05, 0.1) is 6.10 Å². The summed E-state index contributed by atoms with van der Waals surface area (Å²) < 4.78 is 19.8. The Morgan fingerprint density at radius 3 is 2.90 bits per heavy atom. The molecule has 0 aromatic heterocycles. The van der Waals surface area contributed by atoms with Crippen LogP contribution >= 0.6 is 15.9 Å². The fourth-order valence-electron chi connectivity index (χ4n) is 2.68. The SMILES string of the molecule is NNC(CCC1CCCCO1)Cc1cc(F)cc(Br)c1. The van der Waals surface area contributed by atoms with Gasteiger partial charge < -0.3 is 4.74 Å². The van der Waals surface area contributed by atoms with Crippen LogP contribution in [0.5, 0.6) is 0 Å². The van der Waals surface area contributed by atoms with Crippen LogP contribution in [0.2, 0.25) is 0 Å². The molecule has 3 nitrogen and oxygen atoms in total. The van der Waals surface area contributed by atoms with E-state index in [2.05, 4.69) is 21.4 Å². The third-order valence-corrected chi connectivity index (χ3v) is 4.21. The zero-order valence-corrected chi connectivity index (χ0v) is 13.2. The molecule has 1 saturated heterocycles. The average molecular weight is 345 g/mol. The normalized spacial score (nSPS) is 20.9. The summed E-state index contributed by atoms with van der Waals surface area (Å²) in [7, 11) is 0. The lowest BCUT2D eigenvalue weighted by atomic mass is 9.98. The predicted molar refractivity (Wildman–Crippen MR) is 81.7 cm³/mol. The van der Waals surface area contributed by atoms with Crippen LogP contribution in [0.1, 0.15) is 37.7 Å². The number of halogens is 2. The summed E-state index contributed by atoms with van der Waals surface area (Å²) in [6, 6.07) is 5.11.